The summed E-state index contributed by atoms with van der Waals surface area (Å²) < 4.78 is 5.36. The molecule has 0 aromatic rings. The zero-order valence-electron chi connectivity index (χ0n) is 9.00. The molecule has 2 rings (SSSR count). The molecular formula is C11H18N2OS. The first-order valence-corrected chi connectivity index (χ1v) is 6.04. The number of nitrogens with zero attached hydrogens (tertiary/aromatic N) is 1. The number of hydrogen-bond donors (Lipinski definition) is 1. The van der Waals surface area contributed by atoms with Crippen LogP contribution in [0.2, 0.25) is 0 Å². The molecule has 0 unspecified atom stereocenters. The van der Waals surface area contributed by atoms with Crippen LogP contribution in [0.4, 0.5) is 0 Å². The third-order valence-electron chi connectivity index (χ3n) is 3.13. The Labute approximate surface area is 96.3 Å². The Hall–Kier alpha value is -0.610. The van der Waals surface area contributed by atoms with E-state index in [1.165, 1.54) is 24.1 Å². The Bertz CT molecular complexity index is 282. The molecule has 2 aliphatic rings. The van der Waals surface area contributed by atoms with Gasteiger partial charge in [0.15, 0.2) is 0 Å². The summed E-state index contributed by atoms with van der Waals surface area (Å²) in [6.07, 6.45) is 4.67. The molecule has 2 N–H and O–H groups in total. The van der Waals surface area contributed by atoms with Crippen molar-refractivity contribution in [1.29, 1.82) is 0 Å². The van der Waals surface area contributed by atoms with E-state index in [4.69, 9.17) is 22.7 Å². The van der Waals surface area contributed by atoms with Crippen molar-refractivity contribution >= 4 is 17.2 Å². The first kappa shape index (κ1) is 10.9. The normalized spacial score (nSPS) is 23.1. The lowest BCUT2D eigenvalue weighted by atomic mass is 9.95. The molecule has 0 bridgehead atoms. The smallest absolute Gasteiger partial charge is 0.101 e. The summed E-state index contributed by atoms with van der Waals surface area (Å²) in [5, 5.41) is 0. The molecule has 3 nitrogen and oxygen atoms in total. The second kappa shape index (κ2) is 4.94. The zero-order valence-corrected chi connectivity index (χ0v) is 9.81. The molecule has 15 heavy (non-hydrogen) atoms. The fourth-order valence-electron chi connectivity index (χ4n) is 2.34. The average Bonchev–Trinajstić information content (AvgIpc) is 2.30. The summed E-state index contributed by atoms with van der Waals surface area (Å²) in [7, 11) is 0. The number of ether oxygens (including phenoxy) is 1. The largest absolute Gasteiger partial charge is 0.390 e. The van der Waals surface area contributed by atoms with Crippen LogP contribution in [-0.2, 0) is 4.74 Å². The van der Waals surface area contributed by atoms with Crippen LogP contribution in [0.3, 0.4) is 0 Å². The van der Waals surface area contributed by atoms with Gasteiger partial charge in [-0.05, 0) is 25.7 Å². The van der Waals surface area contributed by atoms with Crippen LogP contribution in [0, 0.1) is 0 Å². The third-order valence-corrected chi connectivity index (χ3v) is 3.38. The van der Waals surface area contributed by atoms with E-state index in [-0.39, 0.29) is 0 Å². The molecule has 0 amide bonds. The van der Waals surface area contributed by atoms with E-state index in [1.54, 1.807) is 0 Å². The van der Waals surface area contributed by atoms with Crippen molar-refractivity contribution < 1.29 is 4.74 Å². The molecule has 0 saturated carbocycles. The van der Waals surface area contributed by atoms with E-state index in [0.717, 1.165) is 39.1 Å². The van der Waals surface area contributed by atoms with Gasteiger partial charge in [0.1, 0.15) is 4.99 Å². The maximum atomic E-state index is 5.78. The molecule has 0 aromatic heterocycles. The van der Waals surface area contributed by atoms with Gasteiger partial charge < -0.3 is 15.4 Å². The predicted molar refractivity (Wildman–Crippen MR) is 64.7 cm³/mol. The maximum absolute atomic E-state index is 5.78. The van der Waals surface area contributed by atoms with Crippen molar-refractivity contribution in [1.82, 2.24) is 4.90 Å². The van der Waals surface area contributed by atoms with Gasteiger partial charge in [-0.1, -0.05) is 12.2 Å². The maximum Gasteiger partial charge on any atom is 0.101 e. The summed E-state index contributed by atoms with van der Waals surface area (Å²) in [5.74, 6) is 0. The molecule has 0 aromatic carbocycles. The van der Waals surface area contributed by atoms with Crippen LogP contribution in [0.25, 0.3) is 0 Å². The quantitative estimate of drug-likeness (QED) is 0.723. The minimum absolute atomic E-state index is 0.594. The van der Waals surface area contributed by atoms with Gasteiger partial charge in [-0.15, -0.1) is 0 Å². The Morgan fingerprint density at radius 3 is 2.53 bits per heavy atom. The van der Waals surface area contributed by atoms with Crippen molar-refractivity contribution in [2.45, 2.75) is 25.7 Å². The van der Waals surface area contributed by atoms with E-state index >= 15 is 0 Å². The van der Waals surface area contributed by atoms with Crippen LogP contribution in [-0.4, -0.2) is 36.2 Å². The van der Waals surface area contributed by atoms with Gasteiger partial charge in [-0.3, -0.25) is 0 Å². The predicted octanol–water partition coefficient (Wildman–Crippen LogP) is 1.43. The van der Waals surface area contributed by atoms with Gasteiger partial charge in [-0.25, -0.2) is 0 Å². The number of hydrogen-bond acceptors (Lipinski definition) is 3. The van der Waals surface area contributed by atoms with Crippen LogP contribution in [0.15, 0.2) is 11.3 Å². The van der Waals surface area contributed by atoms with Crippen molar-refractivity contribution in [3.8, 4) is 0 Å². The molecule has 1 fully saturated rings. The number of rotatable bonds is 2. The Morgan fingerprint density at radius 2 is 1.87 bits per heavy atom. The van der Waals surface area contributed by atoms with Crippen LogP contribution in [0.5, 0.6) is 0 Å². The van der Waals surface area contributed by atoms with Crippen molar-refractivity contribution in [3.05, 3.63) is 11.3 Å². The highest BCUT2D eigenvalue weighted by Gasteiger charge is 2.21. The topological polar surface area (TPSA) is 38.5 Å². The molecule has 0 radical (unpaired) electrons. The van der Waals surface area contributed by atoms with Gasteiger partial charge in [0.25, 0.3) is 0 Å². The number of thiocarbonyl (C=S) groups is 1. The lowest BCUT2D eigenvalue weighted by molar-refractivity contribution is 0.0510. The molecule has 0 atom stereocenters. The number of allylic oxidation sites excluding steroid dienone is 1. The summed E-state index contributed by atoms with van der Waals surface area (Å²) in [5.41, 5.74) is 8.39. The first-order valence-electron chi connectivity index (χ1n) is 5.63. The second-order valence-electron chi connectivity index (χ2n) is 4.10. The molecule has 84 valence electrons. The summed E-state index contributed by atoms with van der Waals surface area (Å²) >= 11 is 5.12. The van der Waals surface area contributed by atoms with Crippen LogP contribution in [0.1, 0.15) is 25.7 Å². The third kappa shape index (κ3) is 2.49. The molecule has 0 spiro atoms. The highest BCUT2D eigenvalue weighted by Crippen LogP contribution is 2.28. The summed E-state index contributed by atoms with van der Waals surface area (Å²) in [4.78, 5) is 2.99. The SMILES string of the molecule is NC(=S)C1=C(N2CCOCC2)CCCC1. The minimum atomic E-state index is 0.594. The van der Waals surface area contributed by atoms with Crippen molar-refractivity contribution in [3.63, 3.8) is 0 Å². The molecule has 4 heteroatoms. The van der Waals surface area contributed by atoms with Gasteiger partial charge in [0.2, 0.25) is 0 Å². The molecule has 1 saturated heterocycles. The minimum Gasteiger partial charge on any atom is -0.390 e. The average molecular weight is 226 g/mol. The molecular weight excluding hydrogens is 208 g/mol. The van der Waals surface area contributed by atoms with Crippen LogP contribution < -0.4 is 5.73 Å². The first-order chi connectivity index (χ1) is 7.29. The van der Waals surface area contributed by atoms with Crippen molar-refractivity contribution in [2.75, 3.05) is 26.3 Å². The van der Waals surface area contributed by atoms with E-state index in [1.807, 2.05) is 0 Å². The van der Waals surface area contributed by atoms with Gasteiger partial charge in [0.05, 0.1) is 13.2 Å². The zero-order chi connectivity index (χ0) is 10.7. The second-order valence-corrected chi connectivity index (χ2v) is 4.54. The number of nitrogens with two attached hydrogens (primary N) is 1. The van der Waals surface area contributed by atoms with E-state index in [9.17, 15) is 0 Å². The van der Waals surface area contributed by atoms with E-state index < -0.39 is 0 Å². The van der Waals surface area contributed by atoms with E-state index in [2.05, 4.69) is 4.90 Å². The van der Waals surface area contributed by atoms with Gasteiger partial charge in [-0.2, -0.15) is 0 Å². The number of morpholine rings is 1. The fourth-order valence-corrected chi connectivity index (χ4v) is 2.56. The van der Waals surface area contributed by atoms with E-state index in [0.29, 0.717) is 4.99 Å². The van der Waals surface area contributed by atoms with Crippen LogP contribution >= 0.6 is 12.2 Å². The standard InChI is InChI=1S/C11H18N2OS/c12-11(15)9-3-1-2-4-10(9)13-5-7-14-8-6-13/h1-8H2,(H2,12,15). The Balaban J connectivity index is 2.17. The van der Waals surface area contributed by atoms with Gasteiger partial charge >= 0.3 is 0 Å². The summed E-state index contributed by atoms with van der Waals surface area (Å²) in [6, 6.07) is 0. The lowest BCUT2D eigenvalue weighted by Crippen LogP contribution is -2.38. The Kier molecular flexibility index (Phi) is 3.59. The summed E-state index contributed by atoms with van der Waals surface area (Å²) in [6.45, 7) is 3.63. The molecule has 1 aliphatic heterocycles. The van der Waals surface area contributed by atoms with Gasteiger partial charge in [0, 0.05) is 24.4 Å². The fraction of sp³-hybridized carbons (Fsp3) is 0.727. The lowest BCUT2D eigenvalue weighted by Gasteiger charge is -2.34. The monoisotopic (exact) mass is 226 g/mol. The highest BCUT2D eigenvalue weighted by atomic mass is 32.1. The molecule has 1 heterocycles. The Morgan fingerprint density at radius 1 is 1.20 bits per heavy atom. The van der Waals surface area contributed by atoms with Crippen molar-refractivity contribution in [2.24, 2.45) is 5.73 Å². The highest BCUT2D eigenvalue weighted by molar-refractivity contribution is 7.80. The molecule has 1 aliphatic carbocycles.